The van der Waals surface area contributed by atoms with Crippen LogP contribution in [0.1, 0.15) is 10.4 Å². The van der Waals surface area contributed by atoms with Gasteiger partial charge in [0.25, 0.3) is 0 Å². The number of rotatable bonds is 4. The number of carboxylic acid groups (broad SMARTS) is 1. The topological polar surface area (TPSA) is 68.1 Å². The molecule has 21 heavy (non-hydrogen) atoms. The van der Waals surface area contributed by atoms with Crippen molar-refractivity contribution < 1.29 is 39.5 Å². The van der Waals surface area contributed by atoms with Crippen LogP contribution in [0.3, 0.4) is 0 Å². The SMILES string of the molecule is CN(C)c1ccc(/N=N/c2ccc(C(=O)[O-])cc2)cc1.[Na+]. The van der Waals surface area contributed by atoms with Crippen molar-refractivity contribution in [3.63, 3.8) is 0 Å². The Morgan fingerprint density at radius 2 is 1.33 bits per heavy atom. The van der Waals surface area contributed by atoms with Crippen LogP contribution in [0.2, 0.25) is 0 Å². The molecule has 0 saturated carbocycles. The second-order valence-electron chi connectivity index (χ2n) is 4.45. The molecule has 0 N–H and O–H groups in total. The predicted octanol–water partition coefficient (Wildman–Crippen LogP) is -0.465. The quantitative estimate of drug-likeness (QED) is 0.565. The average Bonchev–Trinajstić information content (AvgIpc) is 2.46. The number of azo groups is 1. The van der Waals surface area contributed by atoms with E-state index < -0.39 is 5.97 Å². The van der Waals surface area contributed by atoms with Gasteiger partial charge in [0, 0.05) is 19.8 Å². The zero-order chi connectivity index (χ0) is 14.5. The molecule has 0 fully saturated rings. The molecule has 2 aromatic carbocycles. The fourth-order valence-corrected chi connectivity index (χ4v) is 1.60. The zero-order valence-electron chi connectivity index (χ0n) is 12.3. The zero-order valence-corrected chi connectivity index (χ0v) is 14.3. The first-order chi connectivity index (χ1) is 9.56. The summed E-state index contributed by atoms with van der Waals surface area (Å²) in [6.07, 6.45) is 0. The van der Waals surface area contributed by atoms with Gasteiger partial charge in [0.1, 0.15) is 0 Å². The van der Waals surface area contributed by atoms with Crippen LogP contribution in [0.15, 0.2) is 58.8 Å². The van der Waals surface area contributed by atoms with Crippen LogP contribution < -0.4 is 39.6 Å². The first-order valence-corrected chi connectivity index (χ1v) is 6.07. The van der Waals surface area contributed by atoms with Gasteiger partial charge in [0.2, 0.25) is 0 Å². The third kappa shape index (κ3) is 4.97. The second-order valence-corrected chi connectivity index (χ2v) is 4.45. The van der Waals surface area contributed by atoms with Gasteiger partial charge < -0.3 is 14.8 Å². The van der Waals surface area contributed by atoms with Crippen molar-refractivity contribution in [2.24, 2.45) is 10.2 Å². The number of aromatic carboxylic acids is 1. The van der Waals surface area contributed by atoms with E-state index in [-0.39, 0.29) is 35.1 Å². The Balaban J connectivity index is 0.00000220. The number of carboxylic acids is 1. The van der Waals surface area contributed by atoms with Crippen molar-refractivity contribution in [1.29, 1.82) is 0 Å². The number of nitrogens with zero attached hydrogens (tertiary/aromatic N) is 3. The number of carbonyl (C=O) groups excluding carboxylic acids is 1. The van der Waals surface area contributed by atoms with Crippen molar-refractivity contribution in [1.82, 2.24) is 0 Å². The molecule has 0 aromatic heterocycles. The van der Waals surface area contributed by atoms with Crippen molar-refractivity contribution in [2.45, 2.75) is 0 Å². The van der Waals surface area contributed by atoms with Gasteiger partial charge in [-0.25, -0.2) is 0 Å². The van der Waals surface area contributed by atoms with E-state index in [2.05, 4.69) is 10.2 Å². The molecule has 0 heterocycles. The Hall–Kier alpha value is -1.69. The molecule has 6 heteroatoms. The molecule has 2 rings (SSSR count). The molecule has 0 saturated heterocycles. The largest absolute Gasteiger partial charge is 1.00 e. The van der Waals surface area contributed by atoms with Gasteiger partial charge in [-0.15, -0.1) is 0 Å². The van der Waals surface area contributed by atoms with Crippen molar-refractivity contribution in [2.75, 3.05) is 19.0 Å². The van der Waals surface area contributed by atoms with Gasteiger partial charge in [-0.1, -0.05) is 12.1 Å². The van der Waals surface area contributed by atoms with E-state index >= 15 is 0 Å². The molecule has 0 unspecified atom stereocenters. The Morgan fingerprint density at radius 3 is 1.71 bits per heavy atom. The van der Waals surface area contributed by atoms with Crippen molar-refractivity contribution in [3.05, 3.63) is 54.1 Å². The molecule has 0 aliphatic heterocycles. The van der Waals surface area contributed by atoms with Crippen LogP contribution in [0.5, 0.6) is 0 Å². The minimum Gasteiger partial charge on any atom is -0.545 e. The summed E-state index contributed by atoms with van der Waals surface area (Å²) in [5, 5.41) is 18.8. The van der Waals surface area contributed by atoms with Crippen molar-refractivity contribution in [3.8, 4) is 0 Å². The number of carbonyl (C=O) groups is 1. The van der Waals surface area contributed by atoms with E-state index in [1.54, 1.807) is 12.1 Å². The fraction of sp³-hybridized carbons (Fsp3) is 0.133. The smallest absolute Gasteiger partial charge is 0.545 e. The number of benzene rings is 2. The summed E-state index contributed by atoms with van der Waals surface area (Å²) in [7, 11) is 3.94. The van der Waals surface area contributed by atoms with E-state index in [0.29, 0.717) is 5.69 Å². The number of hydrogen-bond acceptors (Lipinski definition) is 5. The van der Waals surface area contributed by atoms with Gasteiger partial charge in [0.15, 0.2) is 0 Å². The van der Waals surface area contributed by atoms with Crippen LogP contribution in [0, 0.1) is 0 Å². The molecule has 0 atom stereocenters. The van der Waals surface area contributed by atoms with Crippen LogP contribution in [0.25, 0.3) is 0 Å². The summed E-state index contributed by atoms with van der Waals surface area (Å²) in [4.78, 5) is 12.6. The second kappa shape index (κ2) is 7.93. The minimum absolute atomic E-state index is 0. The van der Waals surface area contributed by atoms with Crippen LogP contribution in [-0.2, 0) is 0 Å². The van der Waals surface area contributed by atoms with Crippen LogP contribution in [-0.4, -0.2) is 20.1 Å². The van der Waals surface area contributed by atoms with E-state index in [1.807, 2.05) is 43.3 Å². The minimum atomic E-state index is -1.20. The predicted molar refractivity (Wildman–Crippen MR) is 75.7 cm³/mol. The molecule has 5 nitrogen and oxygen atoms in total. The summed E-state index contributed by atoms with van der Waals surface area (Å²) in [5.41, 5.74) is 2.54. The Labute approximate surface area is 145 Å². The van der Waals surface area contributed by atoms with E-state index in [9.17, 15) is 9.90 Å². The summed E-state index contributed by atoms with van der Waals surface area (Å²) < 4.78 is 0. The summed E-state index contributed by atoms with van der Waals surface area (Å²) in [6.45, 7) is 0. The molecule has 0 aliphatic rings. The summed E-state index contributed by atoms with van der Waals surface area (Å²) in [6, 6.07) is 13.7. The Bertz CT molecular complexity index is 622. The first kappa shape index (κ1) is 17.4. The monoisotopic (exact) mass is 291 g/mol. The third-order valence-corrected chi connectivity index (χ3v) is 2.75. The maximum absolute atomic E-state index is 10.6. The standard InChI is InChI=1S/C15H15N3O2.Na/c1-18(2)14-9-7-13(8-10-14)17-16-12-5-3-11(4-6-12)15(19)20;/h3-10H,1-2H3,(H,19,20);/q;+1/p-1/b17-16+;. The Kier molecular flexibility index (Phi) is 6.55. The van der Waals surface area contributed by atoms with Crippen molar-refractivity contribution >= 4 is 23.0 Å². The van der Waals surface area contributed by atoms with Gasteiger partial charge >= 0.3 is 29.6 Å². The molecular formula is C15H14N3NaO2. The Morgan fingerprint density at radius 1 is 0.905 bits per heavy atom. The normalized spacial score (nSPS) is 10.2. The van der Waals surface area contributed by atoms with Gasteiger partial charge in [0.05, 0.1) is 17.3 Å². The maximum atomic E-state index is 10.6. The molecule has 0 radical (unpaired) electrons. The van der Waals surface area contributed by atoms with Gasteiger partial charge in [-0.05, 0) is 42.0 Å². The van der Waals surface area contributed by atoms with E-state index in [1.165, 1.54) is 12.1 Å². The third-order valence-electron chi connectivity index (χ3n) is 2.75. The molecule has 0 aliphatic carbocycles. The van der Waals surface area contributed by atoms with E-state index in [4.69, 9.17) is 0 Å². The van der Waals surface area contributed by atoms with E-state index in [0.717, 1.165) is 11.4 Å². The molecule has 0 spiro atoms. The van der Waals surface area contributed by atoms with Crippen LogP contribution >= 0.6 is 0 Å². The van der Waals surface area contributed by atoms with Gasteiger partial charge in [-0.3, -0.25) is 0 Å². The average molecular weight is 291 g/mol. The molecular weight excluding hydrogens is 277 g/mol. The molecule has 0 amide bonds. The molecule has 102 valence electrons. The number of hydrogen-bond donors (Lipinski definition) is 0. The first-order valence-electron chi connectivity index (χ1n) is 6.07. The molecule has 2 aromatic rings. The van der Waals surface area contributed by atoms with Crippen LogP contribution in [0.4, 0.5) is 17.1 Å². The summed E-state index contributed by atoms with van der Waals surface area (Å²) in [5.74, 6) is -1.20. The summed E-state index contributed by atoms with van der Waals surface area (Å²) >= 11 is 0. The number of anilines is 1. The molecule has 0 bridgehead atoms. The maximum Gasteiger partial charge on any atom is 1.00 e. The van der Waals surface area contributed by atoms with Gasteiger partial charge in [-0.2, -0.15) is 10.2 Å². The fourth-order valence-electron chi connectivity index (χ4n) is 1.60.